The number of rotatable bonds is 8. The van der Waals surface area contributed by atoms with Crippen molar-refractivity contribution in [3.63, 3.8) is 0 Å². The molecule has 27 heavy (non-hydrogen) atoms. The molecule has 0 heterocycles. The summed E-state index contributed by atoms with van der Waals surface area (Å²) in [6, 6.07) is 10.8. The molecule has 0 aromatic heterocycles. The largest absolute Gasteiger partial charge is 0.484 e. The Bertz CT molecular complexity index is 924. The van der Waals surface area contributed by atoms with Crippen molar-refractivity contribution in [1.82, 2.24) is 10.0 Å². The summed E-state index contributed by atoms with van der Waals surface area (Å²) in [4.78, 5) is 12.1. The van der Waals surface area contributed by atoms with Crippen LogP contribution in [-0.2, 0) is 14.8 Å². The molecule has 0 bridgehead atoms. The van der Waals surface area contributed by atoms with E-state index < -0.39 is 10.0 Å². The summed E-state index contributed by atoms with van der Waals surface area (Å²) in [5.41, 5.74) is 3.94. The molecule has 0 fully saturated rings. The van der Waals surface area contributed by atoms with Crippen molar-refractivity contribution < 1.29 is 17.9 Å². The zero-order valence-electron chi connectivity index (χ0n) is 16.1. The first-order valence-electron chi connectivity index (χ1n) is 8.73. The van der Waals surface area contributed by atoms with Crippen molar-refractivity contribution in [2.24, 2.45) is 0 Å². The SMILES string of the molecule is Cc1ccc(S(=O)(=O)NCCNC(=O)COc2ccc(C)c(C)c2)c(C)c1. The predicted octanol–water partition coefficient (Wildman–Crippen LogP) is 2.39. The van der Waals surface area contributed by atoms with Gasteiger partial charge in [0, 0.05) is 13.1 Å². The average Bonchev–Trinajstić information content (AvgIpc) is 2.59. The van der Waals surface area contributed by atoms with Crippen molar-refractivity contribution in [3.05, 3.63) is 58.7 Å². The summed E-state index contributed by atoms with van der Waals surface area (Å²) in [6.07, 6.45) is 0. The van der Waals surface area contributed by atoms with Crippen molar-refractivity contribution in [2.75, 3.05) is 19.7 Å². The van der Waals surface area contributed by atoms with Crippen molar-refractivity contribution in [2.45, 2.75) is 32.6 Å². The van der Waals surface area contributed by atoms with Crippen molar-refractivity contribution >= 4 is 15.9 Å². The molecule has 2 rings (SSSR count). The van der Waals surface area contributed by atoms with Crippen LogP contribution < -0.4 is 14.8 Å². The van der Waals surface area contributed by atoms with Crippen LogP contribution in [-0.4, -0.2) is 34.0 Å². The number of aryl methyl sites for hydroxylation is 4. The fraction of sp³-hybridized carbons (Fsp3) is 0.350. The minimum absolute atomic E-state index is 0.102. The standard InChI is InChI=1S/C20H26N2O4S/c1-14-5-8-19(17(4)11-14)27(24,25)22-10-9-21-20(23)13-26-18-7-6-15(2)16(3)12-18/h5-8,11-12,22H,9-10,13H2,1-4H3,(H,21,23). The third-order valence-corrected chi connectivity index (χ3v) is 5.83. The maximum Gasteiger partial charge on any atom is 0.257 e. The molecule has 0 radical (unpaired) electrons. The quantitative estimate of drug-likeness (QED) is 0.678. The molecule has 0 unspecified atom stereocenters. The lowest BCUT2D eigenvalue weighted by molar-refractivity contribution is -0.123. The molecule has 0 saturated carbocycles. The Kier molecular flexibility index (Phi) is 6.98. The van der Waals surface area contributed by atoms with Crippen LogP contribution in [0.15, 0.2) is 41.3 Å². The first kappa shape index (κ1) is 20.9. The zero-order chi connectivity index (χ0) is 20.0. The van der Waals surface area contributed by atoms with Gasteiger partial charge in [0.15, 0.2) is 6.61 Å². The maximum atomic E-state index is 12.3. The Morgan fingerprint density at radius 2 is 1.67 bits per heavy atom. The van der Waals surface area contributed by atoms with Gasteiger partial charge >= 0.3 is 0 Å². The van der Waals surface area contributed by atoms with Gasteiger partial charge in [0.05, 0.1) is 4.90 Å². The van der Waals surface area contributed by atoms with Crippen LogP contribution in [0.3, 0.4) is 0 Å². The number of carbonyl (C=O) groups excluding carboxylic acids is 1. The monoisotopic (exact) mass is 390 g/mol. The molecule has 0 aliphatic rings. The average molecular weight is 391 g/mol. The lowest BCUT2D eigenvalue weighted by atomic mass is 10.1. The molecule has 0 spiro atoms. The van der Waals surface area contributed by atoms with Crippen molar-refractivity contribution in [1.29, 1.82) is 0 Å². The number of ether oxygens (including phenoxy) is 1. The second-order valence-corrected chi connectivity index (χ2v) is 8.29. The highest BCUT2D eigenvalue weighted by atomic mass is 32.2. The normalized spacial score (nSPS) is 11.3. The minimum atomic E-state index is -3.60. The number of hydrogen-bond donors (Lipinski definition) is 2. The van der Waals surface area contributed by atoms with Gasteiger partial charge in [0.25, 0.3) is 5.91 Å². The second kappa shape index (κ2) is 9.01. The molecule has 146 valence electrons. The van der Waals surface area contributed by atoms with Gasteiger partial charge in [0.2, 0.25) is 10.0 Å². The van der Waals surface area contributed by atoms with E-state index in [2.05, 4.69) is 10.0 Å². The number of nitrogens with one attached hydrogen (secondary N) is 2. The third kappa shape index (κ3) is 6.08. The lowest BCUT2D eigenvalue weighted by Gasteiger charge is -2.11. The van der Waals surface area contributed by atoms with Crippen LogP contribution in [0, 0.1) is 27.7 Å². The van der Waals surface area contributed by atoms with Gasteiger partial charge in [-0.05, 0) is 62.6 Å². The molecule has 0 aliphatic heterocycles. The fourth-order valence-electron chi connectivity index (χ4n) is 2.57. The summed E-state index contributed by atoms with van der Waals surface area (Å²) in [5.74, 6) is 0.322. The number of hydrogen-bond acceptors (Lipinski definition) is 4. The Balaban J connectivity index is 1.77. The fourth-order valence-corrected chi connectivity index (χ4v) is 3.83. The highest BCUT2D eigenvalue weighted by Crippen LogP contribution is 2.17. The van der Waals surface area contributed by atoms with E-state index in [0.717, 1.165) is 16.7 Å². The number of benzene rings is 2. The van der Waals surface area contributed by atoms with Gasteiger partial charge in [-0.1, -0.05) is 23.8 Å². The summed E-state index contributed by atoms with van der Waals surface area (Å²) >= 11 is 0. The molecule has 2 N–H and O–H groups in total. The summed E-state index contributed by atoms with van der Waals surface area (Å²) in [7, 11) is -3.60. The lowest BCUT2D eigenvalue weighted by Crippen LogP contribution is -2.36. The molecule has 6 nitrogen and oxygen atoms in total. The molecule has 2 aromatic rings. The van der Waals surface area contributed by atoms with E-state index >= 15 is 0 Å². The Morgan fingerprint density at radius 3 is 2.33 bits per heavy atom. The van der Waals surface area contributed by atoms with Crippen molar-refractivity contribution in [3.8, 4) is 5.75 Å². The van der Waals surface area contributed by atoms with Gasteiger partial charge in [0.1, 0.15) is 5.75 Å². The number of sulfonamides is 1. The number of amides is 1. The topological polar surface area (TPSA) is 84.5 Å². The maximum absolute atomic E-state index is 12.3. The second-order valence-electron chi connectivity index (χ2n) is 6.55. The summed E-state index contributed by atoms with van der Waals surface area (Å²) < 4.78 is 32.6. The van der Waals surface area contributed by atoms with E-state index in [9.17, 15) is 13.2 Å². The molecule has 0 atom stereocenters. The van der Waals surface area contributed by atoms with Crippen LogP contribution in [0.4, 0.5) is 0 Å². The zero-order valence-corrected chi connectivity index (χ0v) is 16.9. The van der Waals surface area contributed by atoms with Gasteiger partial charge in [-0.2, -0.15) is 0 Å². The van der Waals surface area contributed by atoms with Crippen LogP contribution in [0.5, 0.6) is 5.75 Å². The van der Waals surface area contributed by atoms with E-state index in [4.69, 9.17) is 4.74 Å². The summed E-state index contributed by atoms with van der Waals surface area (Å²) in [6.45, 7) is 7.81. The molecular formula is C20H26N2O4S. The molecular weight excluding hydrogens is 364 g/mol. The van der Waals surface area contributed by atoms with Gasteiger partial charge < -0.3 is 10.1 Å². The molecule has 7 heteroatoms. The van der Waals surface area contributed by atoms with Gasteiger partial charge in [-0.15, -0.1) is 0 Å². The predicted molar refractivity (Wildman–Crippen MR) is 106 cm³/mol. The van der Waals surface area contributed by atoms with Crippen LogP contribution in [0.25, 0.3) is 0 Å². The van der Waals surface area contributed by atoms with Crippen LogP contribution in [0.2, 0.25) is 0 Å². The highest BCUT2D eigenvalue weighted by Gasteiger charge is 2.16. The van der Waals surface area contributed by atoms with E-state index in [0.29, 0.717) is 11.3 Å². The number of carbonyl (C=O) groups is 1. The first-order valence-corrected chi connectivity index (χ1v) is 10.2. The third-order valence-electron chi connectivity index (χ3n) is 4.21. The first-order chi connectivity index (χ1) is 12.7. The summed E-state index contributed by atoms with van der Waals surface area (Å²) in [5, 5.41) is 2.64. The molecule has 0 aliphatic carbocycles. The van der Waals surface area contributed by atoms with E-state index in [1.165, 1.54) is 0 Å². The van der Waals surface area contributed by atoms with E-state index in [-0.39, 0.29) is 30.5 Å². The minimum Gasteiger partial charge on any atom is -0.484 e. The van der Waals surface area contributed by atoms with E-state index in [1.54, 1.807) is 19.1 Å². The Labute approximate surface area is 161 Å². The Morgan fingerprint density at radius 1 is 0.926 bits per heavy atom. The van der Waals surface area contributed by atoms with Gasteiger partial charge in [-0.25, -0.2) is 13.1 Å². The smallest absolute Gasteiger partial charge is 0.257 e. The molecule has 2 aromatic carbocycles. The Hall–Kier alpha value is -2.38. The highest BCUT2D eigenvalue weighted by molar-refractivity contribution is 7.89. The van der Waals surface area contributed by atoms with E-state index in [1.807, 2.05) is 45.0 Å². The van der Waals surface area contributed by atoms with Crippen LogP contribution in [0.1, 0.15) is 22.3 Å². The molecule has 1 amide bonds. The van der Waals surface area contributed by atoms with Gasteiger partial charge in [-0.3, -0.25) is 4.79 Å². The van der Waals surface area contributed by atoms with Crippen LogP contribution >= 0.6 is 0 Å². The molecule has 0 saturated heterocycles.